The van der Waals surface area contributed by atoms with Crippen LogP contribution in [0.1, 0.15) is 71.4 Å². The Balaban J connectivity index is 0.000000189. The average molecular weight is 531 g/mol. The predicted molar refractivity (Wildman–Crippen MR) is 142 cm³/mol. The second-order valence-electron chi connectivity index (χ2n) is 12.4. The molecule has 38 heavy (non-hydrogen) atoms. The SMILES string of the molecule is CC(C)C[C@H](NC(=O)OC(C)(C)C)C(=O)O.COc1ccc2c3c1O[C@H]1C(=O)CC[C@H]4[C@@H](C2)N(C)CC[C@]314. The van der Waals surface area contributed by atoms with Gasteiger partial charge in [-0.05, 0) is 83.5 Å². The number of hydrogen-bond donors (Lipinski definition) is 2. The van der Waals surface area contributed by atoms with E-state index in [1.54, 1.807) is 27.9 Å². The van der Waals surface area contributed by atoms with Crippen molar-refractivity contribution in [3.05, 3.63) is 23.3 Å². The molecule has 2 bridgehead atoms. The minimum absolute atomic E-state index is 0.0933. The maximum Gasteiger partial charge on any atom is 0.408 e. The van der Waals surface area contributed by atoms with Gasteiger partial charge < -0.3 is 29.5 Å². The summed E-state index contributed by atoms with van der Waals surface area (Å²) in [5, 5.41) is 11.2. The molecule has 2 N–H and O–H groups in total. The highest BCUT2D eigenvalue weighted by atomic mass is 16.6. The largest absolute Gasteiger partial charge is 0.493 e. The maximum atomic E-state index is 12.6. The van der Waals surface area contributed by atoms with Gasteiger partial charge in [0.2, 0.25) is 0 Å². The molecule has 1 aromatic rings. The molecule has 9 nitrogen and oxygen atoms in total. The van der Waals surface area contributed by atoms with Crippen LogP contribution in [0, 0.1) is 11.8 Å². The van der Waals surface area contributed by atoms with Crippen molar-refractivity contribution in [2.24, 2.45) is 11.8 Å². The second kappa shape index (κ2) is 10.4. The molecule has 2 aliphatic heterocycles. The summed E-state index contributed by atoms with van der Waals surface area (Å²) in [6, 6.07) is 3.84. The number of ketones is 1. The number of likely N-dealkylation sites (N-methyl/N-ethyl adjacent to an activating group) is 1. The molecule has 4 aliphatic rings. The Morgan fingerprint density at radius 3 is 2.61 bits per heavy atom. The molecule has 1 saturated heterocycles. The molecular weight excluding hydrogens is 488 g/mol. The number of hydrogen-bond acceptors (Lipinski definition) is 7. The Morgan fingerprint density at radius 1 is 1.29 bits per heavy atom. The zero-order chi connectivity index (χ0) is 28.0. The third-order valence-corrected chi connectivity index (χ3v) is 8.29. The van der Waals surface area contributed by atoms with Gasteiger partial charge >= 0.3 is 12.1 Å². The van der Waals surface area contributed by atoms with Gasteiger partial charge in [-0.3, -0.25) is 4.79 Å². The van der Waals surface area contributed by atoms with Crippen LogP contribution in [0.15, 0.2) is 12.1 Å². The van der Waals surface area contributed by atoms with Crippen molar-refractivity contribution in [2.45, 2.75) is 95.9 Å². The number of piperidine rings is 1. The van der Waals surface area contributed by atoms with E-state index in [0.717, 1.165) is 37.3 Å². The van der Waals surface area contributed by atoms with E-state index < -0.39 is 23.7 Å². The number of Topliss-reactive ketones (excluding diaryl/α,β-unsaturated/α-hetero) is 1. The van der Waals surface area contributed by atoms with Crippen LogP contribution in [0.3, 0.4) is 0 Å². The minimum atomic E-state index is -1.04. The highest BCUT2D eigenvalue weighted by Crippen LogP contribution is 2.63. The number of benzene rings is 1. The molecule has 2 aliphatic carbocycles. The number of carbonyl (C=O) groups excluding carboxylic acids is 2. The number of methoxy groups -OCH3 is 1. The first-order valence-corrected chi connectivity index (χ1v) is 13.6. The Morgan fingerprint density at radius 2 is 2.00 bits per heavy atom. The van der Waals surface area contributed by atoms with Crippen molar-refractivity contribution < 1.29 is 33.7 Å². The van der Waals surface area contributed by atoms with Gasteiger partial charge in [-0.1, -0.05) is 19.9 Å². The number of amides is 1. The molecule has 9 heteroatoms. The number of aliphatic carboxylic acids is 1. The second-order valence-corrected chi connectivity index (χ2v) is 12.4. The lowest BCUT2D eigenvalue weighted by Gasteiger charge is -2.57. The summed E-state index contributed by atoms with van der Waals surface area (Å²) in [6.07, 6.45) is 3.16. The number of likely N-dealkylation sites (tertiary alicyclic amines) is 1. The Kier molecular flexibility index (Phi) is 7.72. The zero-order valence-corrected chi connectivity index (χ0v) is 23.6. The highest BCUT2D eigenvalue weighted by molar-refractivity contribution is 5.89. The number of ether oxygens (including phenoxy) is 3. The monoisotopic (exact) mass is 530 g/mol. The van der Waals surface area contributed by atoms with Crippen LogP contribution in [0.25, 0.3) is 0 Å². The van der Waals surface area contributed by atoms with Crippen LogP contribution < -0.4 is 14.8 Å². The number of carboxylic acid groups (broad SMARTS) is 1. The average Bonchev–Trinajstić information content (AvgIpc) is 3.17. The van der Waals surface area contributed by atoms with Crippen LogP contribution >= 0.6 is 0 Å². The van der Waals surface area contributed by atoms with Crippen LogP contribution in [0.2, 0.25) is 0 Å². The van der Waals surface area contributed by atoms with E-state index in [9.17, 15) is 14.4 Å². The lowest BCUT2D eigenvalue weighted by molar-refractivity contribution is -0.140. The summed E-state index contributed by atoms with van der Waals surface area (Å²) in [7, 11) is 3.91. The molecule has 0 radical (unpaired) electrons. The summed E-state index contributed by atoms with van der Waals surface area (Å²) < 4.78 is 16.8. The van der Waals surface area contributed by atoms with Crippen molar-refractivity contribution in [3.8, 4) is 11.5 Å². The summed E-state index contributed by atoms with van der Waals surface area (Å²) in [4.78, 5) is 37.3. The number of alkyl carbamates (subject to hydrolysis) is 1. The van der Waals surface area contributed by atoms with Crippen molar-refractivity contribution >= 4 is 17.8 Å². The fourth-order valence-electron chi connectivity index (χ4n) is 6.81. The number of carbonyl (C=O) groups is 3. The molecule has 1 saturated carbocycles. The van der Waals surface area contributed by atoms with E-state index >= 15 is 0 Å². The van der Waals surface area contributed by atoms with E-state index in [1.165, 1.54) is 11.1 Å². The van der Waals surface area contributed by atoms with Crippen molar-refractivity contribution in [1.82, 2.24) is 10.2 Å². The van der Waals surface area contributed by atoms with Gasteiger partial charge in [0.25, 0.3) is 0 Å². The Labute approximate surface area is 225 Å². The first-order chi connectivity index (χ1) is 17.8. The molecule has 2 heterocycles. The maximum absolute atomic E-state index is 12.6. The fraction of sp³-hybridized carbons (Fsp3) is 0.690. The molecule has 5 atom stereocenters. The first-order valence-electron chi connectivity index (χ1n) is 13.6. The van der Waals surface area contributed by atoms with E-state index in [0.29, 0.717) is 24.8 Å². The molecule has 0 aromatic heterocycles. The number of nitrogens with zero attached hydrogens (tertiary/aromatic N) is 1. The molecule has 1 aromatic carbocycles. The highest BCUT2D eigenvalue weighted by Gasteiger charge is 2.65. The van der Waals surface area contributed by atoms with Gasteiger partial charge in [-0.2, -0.15) is 0 Å². The van der Waals surface area contributed by atoms with Gasteiger partial charge in [-0.25, -0.2) is 9.59 Å². The zero-order valence-electron chi connectivity index (χ0n) is 23.6. The quantitative estimate of drug-likeness (QED) is 0.588. The van der Waals surface area contributed by atoms with Gasteiger partial charge in [0.05, 0.1) is 7.11 Å². The Bertz CT molecular complexity index is 1100. The summed E-state index contributed by atoms with van der Waals surface area (Å²) >= 11 is 0. The van der Waals surface area contributed by atoms with E-state index in [4.69, 9.17) is 19.3 Å². The Hall–Kier alpha value is -2.81. The lowest BCUT2D eigenvalue weighted by Crippen LogP contribution is -2.65. The van der Waals surface area contributed by atoms with Crippen molar-refractivity contribution in [3.63, 3.8) is 0 Å². The van der Waals surface area contributed by atoms with E-state index in [2.05, 4.69) is 23.3 Å². The van der Waals surface area contributed by atoms with Crippen LogP contribution in [-0.4, -0.2) is 72.3 Å². The topological polar surface area (TPSA) is 114 Å². The van der Waals surface area contributed by atoms with Crippen molar-refractivity contribution in [1.29, 1.82) is 0 Å². The van der Waals surface area contributed by atoms with Gasteiger partial charge in [0.1, 0.15) is 11.6 Å². The molecule has 5 rings (SSSR count). The molecule has 0 unspecified atom stereocenters. The van der Waals surface area contributed by atoms with Gasteiger partial charge in [0, 0.05) is 23.4 Å². The fourth-order valence-corrected chi connectivity index (χ4v) is 6.81. The molecule has 1 amide bonds. The summed E-state index contributed by atoms with van der Waals surface area (Å²) in [6.45, 7) is 10.0. The first kappa shape index (κ1) is 28.2. The molecule has 210 valence electrons. The predicted octanol–water partition coefficient (Wildman–Crippen LogP) is 3.94. The van der Waals surface area contributed by atoms with Crippen LogP contribution in [0.5, 0.6) is 11.5 Å². The smallest absolute Gasteiger partial charge is 0.408 e. The summed E-state index contributed by atoms with van der Waals surface area (Å²) in [5.41, 5.74) is 1.95. The normalized spacial score (nSPS) is 27.9. The van der Waals surface area contributed by atoms with E-state index in [-0.39, 0.29) is 23.2 Å². The molecule has 2 fully saturated rings. The minimum Gasteiger partial charge on any atom is -0.493 e. The third-order valence-electron chi connectivity index (χ3n) is 8.29. The molecular formula is C29H42N2O7. The van der Waals surface area contributed by atoms with Gasteiger partial charge in [0.15, 0.2) is 23.4 Å². The standard InChI is InChI=1S/C18H21NO3.C11H21NO4/c1-19-8-7-18-11-4-5-13(20)17(18)22-16-14(21-2)6-3-10(15(16)18)9-12(11)19;1-7(2)6-8(9(13)14)12-10(15)16-11(3,4)5/h3,6,11-12,17H,4-5,7-9H2,1-2H3;7-8H,6H2,1-5H3,(H,12,15)(H,13,14)/t11-,12+,17-,18-;8-/m00/s1. The molecule has 1 spiro atoms. The van der Waals surface area contributed by atoms with Crippen molar-refractivity contribution in [2.75, 3.05) is 20.7 Å². The number of nitrogens with one attached hydrogen (secondary N) is 1. The number of carboxylic acids is 1. The van der Waals surface area contributed by atoms with Crippen LogP contribution in [-0.2, 0) is 26.2 Å². The number of rotatable bonds is 5. The van der Waals surface area contributed by atoms with E-state index in [1.807, 2.05) is 19.9 Å². The lowest BCUT2D eigenvalue weighted by atomic mass is 9.52. The summed E-state index contributed by atoms with van der Waals surface area (Å²) in [5.74, 6) is 1.61. The van der Waals surface area contributed by atoms with Gasteiger partial charge in [-0.15, -0.1) is 0 Å². The third kappa shape index (κ3) is 5.09. The van der Waals surface area contributed by atoms with Crippen LogP contribution in [0.4, 0.5) is 4.79 Å².